The van der Waals surface area contributed by atoms with Crippen molar-refractivity contribution in [3.63, 3.8) is 0 Å². The molecular weight excluding hydrogens is 165 g/mol. The number of allylic oxidation sites excluding steroid dienone is 2. The molecule has 0 heterocycles. The molecule has 0 N–H and O–H groups in total. The SMILES string of the molecule is C/C=C(\C#N)c1ccc(F)c(C)c1. The van der Waals surface area contributed by atoms with Crippen molar-refractivity contribution in [2.45, 2.75) is 13.8 Å². The molecule has 0 unspecified atom stereocenters. The van der Waals surface area contributed by atoms with Crippen molar-refractivity contribution < 1.29 is 4.39 Å². The molecule has 0 bridgehead atoms. The number of benzene rings is 1. The van der Waals surface area contributed by atoms with Gasteiger partial charge < -0.3 is 0 Å². The molecule has 1 aromatic carbocycles. The first-order valence-electron chi connectivity index (χ1n) is 4.02. The quantitative estimate of drug-likeness (QED) is 0.602. The van der Waals surface area contributed by atoms with E-state index in [0.29, 0.717) is 11.1 Å². The monoisotopic (exact) mass is 175 g/mol. The zero-order valence-electron chi connectivity index (χ0n) is 7.63. The van der Waals surface area contributed by atoms with Gasteiger partial charge >= 0.3 is 0 Å². The van der Waals surface area contributed by atoms with Gasteiger partial charge in [0.1, 0.15) is 5.82 Å². The molecular formula is C11H10FN. The summed E-state index contributed by atoms with van der Waals surface area (Å²) in [7, 11) is 0. The fraction of sp³-hybridized carbons (Fsp3) is 0.182. The number of nitriles is 1. The van der Waals surface area contributed by atoms with E-state index in [2.05, 4.69) is 6.07 Å². The van der Waals surface area contributed by atoms with E-state index < -0.39 is 0 Å². The summed E-state index contributed by atoms with van der Waals surface area (Å²) in [6, 6.07) is 6.72. The van der Waals surface area contributed by atoms with Gasteiger partial charge in [0.15, 0.2) is 0 Å². The number of rotatable bonds is 1. The number of halogens is 1. The van der Waals surface area contributed by atoms with Crippen LogP contribution in [0.2, 0.25) is 0 Å². The van der Waals surface area contributed by atoms with E-state index in [1.165, 1.54) is 6.07 Å². The van der Waals surface area contributed by atoms with E-state index in [-0.39, 0.29) is 5.82 Å². The molecule has 0 aliphatic heterocycles. The Balaban J connectivity index is 3.20. The largest absolute Gasteiger partial charge is 0.207 e. The highest BCUT2D eigenvalue weighted by atomic mass is 19.1. The maximum atomic E-state index is 12.9. The molecule has 0 spiro atoms. The smallest absolute Gasteiger partial charge is 0.126 e. The van der Waals surface area contributed by atoms with Crippen LogP contribution >= 0.6 is 0 Å². The maximum absolute atomic E-state index is 12.9. The van der Waals surface area contributed by atoms with Gasteiger partial charge in [0.25, 0.3) is 0 Å². The van der Waals surface area contributed by atoms with Gasteiger partial charge in [0.2, 0.25) is 0 Å². The Kier molecular flexibility index (Phi) is 2.81. The molecule has 1 aromatic rings. The van der Waals surface area contributed by atoms with Crippen LogP contribution in [0.15, 0.2) is 24.3 Å². The number of nitrogens with zero attached hydrogens (tertiary/aromatic N) is 1. The van der Waals surface area contributed by atoms with Crippen LogP contribution in [0.25, 0.3) is 5.57 Å². The highest BCUT2D eigenvalue weighted by Crippen LogP contribution is 2.16. The number of hydrogen-bond donors (Lipinski definition) is 0. The lowest BCUT2D eigenvalue weighted by Crippen LogP contribution is -1.86. The van der Waals surface area contributed by atoms with Gasteiger partial charge in [-0.3, -0.25) is 0 Å². The molecule has 0 aromatic heterocycles. The van der Waals surface area contributed by atoms with Crippen molar-refractivity contribution in [3.8, 4) is 6.07 Å². The highest BCUT2D eigenvalue weighted by Gasteiger charge is 2.02. The molecule has 66 valence electrons. The summed E-state index contributed by atoms with van der Waals surface area (Å²) in [5, 5.41) is 8.73. The Bertz CT molecular complexity index is 386. The Labute approximate surface area is 77.1 Å². The summed E-state index contributed by atoms with van der Waals surface area (Å²) in [5.41, 5.74) is 1.90. The lowest BCUT2D eigenvalue weighted by atomic mass is 10.0. The third kappa shape index (κ3) is 1.94. The predicted octanol–water partition coefficient (Wildman–Crippen LogP) is 3.06. The first-order chi connectivity index (χ1) is 6.19. The van der Waals surface area contributed by atoms with Crippen molar-refractivity contribution in [2.24, 2.45) is 0 Å². The lowest BCUT2D eigenvalue weighted by molar-refractivity contribution is 0.618. The van der Waals surface area contributed by atoms with E-state index in [9.17, 15) is 4.39 Å². The molecule has 1 nitrogen and oxygen atoms in total. The first kappa shape index (κ1) is 9.47. The predicted molar refractivity (Wildman–Crippen MR) is 50.4 cm³/mol. The van der Waals surface area contributed by atoms with Crippen molar-refractivity contribution in [3.05, 3.63) is 41.2 Å². The Morgan fingerprint density at radius 1 is 1.54 bits per heavy atom. The molecule has 2 heteroatoms. The molecule has 0 aliphatic carbocycles. The highest BCUT2D eigenvalue weighted by molar-refractivity contribution is 5.76. The van der Waals surface area contributed by atoms with Gasteiger partial charge in [0, 0.05) is 0 Å². The van der Waals surface area contributed by atoms with E-state index in [1.54, 1.807) is 32.1 Å². The molecule has 0 saturated heterocycles. The van der Waals surface area contributed by atoms with Gasteiger partial charge in [-0.15, -0.1) is 0 Å². The molecule has 0 atom stereocenters. The van der Waals surface area contributed by atoms with Gasteiger partial charge in [-0.2, -0.15) is 5.26 Å². The standard InChI is InChI=1S/C11H10FN/c1-3-9(7-13)10-4-5-11(12)8(2)6-10/h3-6H,1-2H3/b9-3+. The summed E-state index contributed by atoms with van der Waals surface area (Å²) >= 11 is 0. The minimum Gasteiger partial charge on any atom is -0.207 e. The molecule has 0 amide bonds. The van der Waals surface area contributed by atoms with Crippen LogP contribution in [0.3, 0.4) is 0 Å². The fourth-order valence-electron chi connectivity index (χ4n) is 1.11. The van der Waals surface area contributed by atoms with Crippen LogP contribution in [-0.2, 0) is 0 Å². The summed E-state index contributed by atoms with van der Waals surface area (Å²) in [5.74, 6) is -0.239. The minimum absolute atomic E-state index is 0.239. The van der Waals surface area contributed by atoms with Gasteiger partial charge in [-0.25, -0.2) is 4.39 Å². The zero-order valence-corrected chi connectivity index (χ0v) is 7.63. The topological polar surface area (TPSA) is 23.8 Å². The summed E-state index contributed by atoms with van der Waals surface area (Å²) < 4.78 is 12.9. The van der Waals surface area contributed by atoms with Gasteiger partial charge in [0.05, 0.1) is 11.6 Å². The second-order valence-electron chi connectivity index (χ2n) is 2.78. The van der Waals surface area contributed by atoms with Crippen LogP contribution < -0.4 is 0 Å². The second kappa shape index (κ2) is 3.86. The lowest BCUT2D eigenvalue weighted by Gasteiger charge is -2.00. The third-order valence-corrected chi connectivity index (χ3v) is 1.88. The van der Waals surface area contributed by atoms with E-state index in [4.69, 9.17) is 5.26 Å². The second-order valence-corrected chi connectivity index (χ2v) is 2.78. The molecule has 13 heavy (non-hydrogen) atoms. The van der Waals surface area contributed by atoms with E-state index in [1.807, 2.05) is 0 Å². The molecule has 0 aliphatic rings. The van der Waals surface area contributed by atoms with Gasteiger partial charge in [-0.1, -0.05) is 12.1 Å². The molecule has 1 rings (SSSR count). The summed E-state index contributed by atoms with van der Waals surface area (Å²) in [6.45, 7) is 3.47. The van der Waals surface area contributed by atoms with Crippen LogP contribution in [0, 0.1) is 24.1 Å². The van der Waals surface area contributed by atoms with Crippen molar-refractivity contribution in [2.75, 3.05) is 0 Å². The zero-order chi connectivity index (χ0) is 9.84. The fourth-order valence-corrected chi connectivity index (χ4v) is 1.11. The van der Waals surface area contributed by atoms with Crippen LogP contribution in [0.4, 0.5) is 4.39 Å². The van der Waals surface area contributed by atoms with Crippen molar-refractivity contribution in [1.29, 1.82) is 5.26 Å². The maximum Gasteiger partial charge on any atom is 0.126 e. The minimum atomic E-state index is -0.239. The average Bonchev–Trinajstić information content (AvgIpc) is 2.13. The molecule has 0 saturated carbocycles. The third-order valence-electron chi connectivity index (χ3n) is 1.88. The average molecular weight is 175 g/mol. The Morgan fingerprint density at radius 3 is 2.69 bits per heavy atom. The normalized spacial score (nSPS) is 11.1. The van der Waals surface area contributed by atoms with E-state index >= 15 is 0 Å². The summed E-state index contributed by atoms with van der Waals surface area (Å²) in [6.07, 6.45) is 1.71. The van der Waals surface area contributed by atoms with Crippen molar-refractivity contribution in [1.82, 2.24) is 0 Å². The molecule has 0 fully saturated rings. The van der Waals surface area contributed by atoms with Crippen molar-refractivity contribution >= 4 is 5.57 Å². The molecule has 0 radical (unpaired) electrons. The first-order valence-corrected chi connectivity index (χ1v) is 4.02. The van der Waals surface area contributed by atoms with Crippen LogP contribution in [0.5, 0.6) is 0 Å². The Morgan fingerprint density at radius 2 is 2.23 bits per heavy atom. The van der Waals surface area contributed by atoms with E-state index in [0.717, 1.165) is 5.56 Å². The van der Waals surface area contributed by atoms with Crippen LogP contribution in [0.1, 0.15) is 18.1 Å². The summed E-state index contributed by atoms with van der Waals surface area (Å²) in [4.78, 5) is 0. The number of hydrogen-bond acceptors (Lipinski definition) is 1. The number of aryl methyl sites for hydroxylation is 1. The Hall–Kier alpha value is -1.62. The van der Waals surface area contributed by atoms with Crippen LogP contribution in [-0.4, -0.2) is 0 Å². The van der Waals surface area contributed by atoms with Gasteiger partial charge in [-0.05, 0) is 37.1 Å².